The molecule has 27 heavy (non-hydrogen) atoms. The van der Waals surface area contributed by atoms with Crippen LogP contribution in [0.3, 0.4) is 0 Å². The van der Waals surface area contributed by atoms with E-state index < -0.39 is 10.8 Å². The molecule has 4 heteroatoms. The van der Waals surface area contributed by atoms with Gasteiger partial charge >= 0.3 is 0 Å². The molecule has 0 aliphatic carbocycles. The number of rotatable bonds is 3. The third-order valence-corrected chi connectivity index (χ3v) is 6.08. The quantitative estimate of drug-likeness (QED) is 0.236. The van der Waals surface area contributed by atoms with Gasteiger partial charge in [0.25, 0.3) is 0 Å². The van der Waals surface area contributed by atoms with Crippen LogP contribution in [0.1, 0.15) is 5.56 Å². The minimum Gasteiger partial charge on any atom is -0.748 e. The Morgan fingerprint density at radius 3 is 2.04 bits per heavy atom. The Morgan fingerprint density at radius 2 is 1.44 bits per heavy atom. The summed E-state index contributed by atoms with van der Waals surface area (Å²) in [5.74, 6) is 0. The molecule has 4 aromatic carbocycles. The van der Waals surface area contributed by atoms with Crippen molar-refractivity contribution in [1.82, 2.24) is 0 Å². The van der Waals surface area contributed by atoms with Crippen molar-refractivity contribution in [2.45, 2.75) is 16.7 Å². The van der Waals surface area contributed by atoms with Crippen molar-refractivity contribution in [3.05, 3.63) is 107 Å². The van der Waals surface area contributed by atoms with Crippen LogP contribution in [-0.4, -0.2) is 4.21 Å². The molecule has 0 radical (unpaired) electrons. The van der Waals surface area contributed by atoms with Crippen LogP contribution in [-0.2, 0) is 27.9 Å². The molecule has 0 amide bonds. The second-order valence-corrected chi connectivity index (χ2v) is 8.13. The first kappa shape index (κ1) is 21.6. The number of hydrogen-bond donors (Lipinski definition) is 0. The summed E-state index contributed by atoms with van der Waals surface area (Å²) in [7, 11) is -1.17. The Bertz CT molecular complexity index is 955. The van der Waals surface area contributed by atoms with Gasteiger partial charge in [-0.25, -0.2) is 0 Å². The van der Waals surface area contributed by atoms with Gasteiger partial charge in [-0.05, 0) is 28.4 Å². The molecular formula is C23H19BrFeOS-6. The maximum absolute atomic E-state index is 12.8. The van der Waals surface area contributed by atoms with E-state index in [0.29, 0.717) is 0 Å². The zero-order valence-electron chi connectivity index (χ0n) is 14.8. The molecule has 0 fully saturated rings. The molecule has 0 heterocycles. The first-order valence-electron chi connectivity index (χ1n) is 8.32. The van der Waals surface area contributed by atoms with E-state index in [9.17, 15) is 4.21 Å². The van der Waals surface area contributed by atoms with Crippen LogP contribution in [0.15, 0.2) is 111 Å². The van der Waals surface area contributed by atoms with Crippen molar-refractivity contribution in [3.8, 4) is 11.1 Å². The summed E-state index contributed by atoms with van der Waals surface area (Å²) in [6, 6.07) is 31.8. The van der Waals surface area contributed by atoms with Crippen molar-refractivity contribution < 1.29 is 21.3 Å². The fourth-order valence-electron chi connectivity index (χ4n) is 2.58. The second-order valence-electron chi connectivity index (χ2n) is 5.83. The number of aryl methyl sites for hydroxylation is 1. The van der Waals surface area contributed by atoms with Gasteiger partial charge in [-0.3, -0.25) is 4.21 Å². The average Bonchev–Trinajstić information content (AvgIpc) is 3.37. The molecule has 0 spiro atoms. The normalized spacial score (nSPS) is 11.0. The molecule has 0 saturated carbocycles. The van der Waals surface area contributed by atoms with Gasteiger partial charge in [0.2, 0.25) is 0 Å². The molecule has 4 aromatic rings. The van der Waals surface area contributed by atoms with E-state index in [-0.39, 0.29) is 17.1 Å². The summed E-state index contributed by atoms with van der Waals surface area (Å²) >= 11 is 3.57. The van der Waals surface area contributed by atoms with Crippen molar-refractivity contribution >= 4 is 26.7 Å². The van der Waals surface area contributed by atoms with E-state index in [4.69, 9.17) is 0 Å². The predicted octanol–water partition coefficient (Wildman–Crippen LogP) is 6.71. The van der Waals surface area contributed by atoms with Gasteiger partial charge in [0.1, 0.15) is 0 Å². The summed E-state index contributed by atoms with van der Waals surface area (Å²) in [4.78, 5) is 1.69. The first-order chi connectivity index (χ1) is 12.7. The molecule has 0 N–H and O–H groups in total. The molecule has 0 aliphatic heterocycles. The van der Waals surface area contributed by atoms with Gasteiger partial charge in [0.15, 0.2) is 0 Å². The van der Waals surface area contributed by atoms with Crippen molar-refractivity contribution in [3.63, 3.8) is 0 Å². The first-order valence-corrected chi connectivity index (χ1v) is 10.3. The largest absolute Gasteiger partial charge is 0.748 e. The summed E-state index contributed by atoms with van der Waals surface area (Å²) in [6.45, 7) is 2.03. The van der Waals surface area contributed by atoms with E-state index >= 15 is 0 Å². The van der Waals surface area contributed by atoms with Crippen LogP contribution < -0.4 is 0 Å². The second kappa shape index (κ2) is 10.6. The third kappa shape index (κ3) is 5.63. The van der Waals surface area contributed by atoms with Gasteiger partial charge in [0, 0.05) is 22.0 Å². The van der Waals surface area contributed by atoms with Crippen LogP contribution in [0.5, 0.6) is 0 Å². The SMILES string of the molecule is Cc1ccc(S(=O)c2ccc[c-]2-c2ccccc2Br)cc1.[Fe].[cH-]1[cH-][cH-][cH-][cH-]1. The van der Waals surface area contributed by atoms with E-state index in [0.717, 1.165) is 25.4 Å². The van der Waals surface area contributed by atoms with Crippen LogP contribution in [0.25, 0.3) is 11.1 Å². The molecule has 4 rings (SSSR count). The molecule has 0 bridgehead atoms. The molecule has 0 aromatic heterocycles. The Morgan fingerprint density at radius 1 is 0.852 bits per heavy atom. The number of benzene rings is 2. The van der Waals surface area contributed by atoms with Crippen LogP contribution in [0.2, 0.25) is 0 Å². The van der Waals surface area contributed by atoms with Gasteiger partial charge in [-0.1, -0.05) is 41.5 Å². The predicted molar refractivity (Wildman–Crippen MR) is 113 cm³/mol. The topological polar surface area (TPSA) is 17.1 Å². The summed E-state index contributed by atoms with van der Waals surface area (Å²) in [6.07, 6.45) is 0. The van der Waals surface area contributed by atoms with Gasteiger partial charge in [-0.15, -0.1) is 39.7 Å². The molecule has 1 nitrogen and oxygen atoms in total. The van der Waals surface area contributed by atoms with Crippen molar-refractivity contribution in [2.24, 2.45) is 0 Å². The number of halogens is 1. The fourth-order valence-corrected chi connectivity index (χ4v) is 4.29. The molecular weight excluding hydrogens is 460 g/mol. The van der Waals surface area contributed by atoms with E-state index in [2.05, 4.69) is 15.9 Å². The Hall–Kier alpha value is -1.71. The van der Waals surface area contributed by atoms with Crippen LogP contribution >= 0.6 is 15.9 Å². The van der Waals surface area contributed by atoms with Crippen molar-refractivity contribution in [1.29, 1.82) is 0 Å². The van der Waals surface area contributed by atoms with Crippen LogP contribution in [0.4, 0.5) is 0 Å². The zero-order chi connectivity index (χ0) is 18.4. The third-order valence-electron chi connectivity index (χ3n) is 3.93. The summed E-state index contributed by atoms with van der Waals surface area (Å²) < 4.78 is 13.8. The van der Waals surface area contributed by atoms with Gasteiger partial charge in [-0.2, -0.15) is 6.07 Å². The Labute approximate surface area is 182 Å². The molecule has 0 aliphatic rings. The van der Waals surface area contributed by atoms with E-state index in [1.807, 2.05) is 104 Å². The van der Waals surface area contributed by atoms with Crippen LogP contribution in [0, 0.1) is 6.92 Å². The minimum absolute atomic E-state index is 0. The van der Waals surface area contributed by atoms with E-state index in [1.54, 1.807) is 0 Å². The standard InChI is InChI=1S/C18H14BrOS.C5H5.Fe/c1-13-9-11-14(12-10-13)21(20)18-8-4-6-16(18)15-5-2-3-7-17(15)19;1-2-4-5-3-1;/h2-12H,1H3;1-5H;/q-1;-5;. The maximum Gasteiger partial charge on any atom is 0.0698 e. The Balaban J connectivity index is 0.000000379. The van der Waals surface area contributed by atoms with E-state index in [1.165, 1.54) is 5.56 Å². The van der Waals surface area contributed by atoms with Crippen molar-refractivity contribution in [2.75, 3.05) is 0 Å². The summed E-state index contributed by atoms with van der Waals surface area (Å²) in [5.41, 5.74) is 3.25. The zero-order valence-corrected chi connectivity index (χ0v) is 18.3. The monoisotopic (exact) mass is 478 g/mol. The molecule has 1 unspecified atom stereocenters. The van der Waals surface area contributed by atoms with Gasteiger partial charge in [0.05, 0.1) is 10.8 Å². The maximum atomic E-state index is 12.8. The molecule has 144 valence electrons. The Kier molecular flexibility index (Phi) is 8.46. The minimum atomic E-state index is -1.17. The average molecular weight is 479 g/mol. The van der Waals surface area contributed by atoms with Gasteiger partial charge < -0.3 is 30.3 Å². The molecule has 0 saturated heterocycles. The smallest absolute Gasteiger partial charge is 0.0698 e. The number of hydrogen-bond acceptors (Lipinski definition) is 1. The molecule has 1 atom stereocenters. The fraction of sp³-hybridized carbons (Fsp3) is 0.0435. The summed E-state index contributed by atoms with van der Waals surface area (Å²) in [5, 5.41) is 0.